The summed E-state index contributed by atoms with van der Waals surface area (Å²) in [6.45, 7) is 10.7. The second kappa shape index (κ2) is 7.42. The Hall–Kier alpha value is -0.860. The van der Waals surface area contributed by atoms with E-state index in [-0.39, 0.29) is 0 Å². The van der Waals surface area contributed by atoms with Gasteiger partial charge in [-0.05, 0) is 45.5 Å². The molecule has 0 aromatic heterocycles. The zero-order valence-electron chi connectivity index (χ0n) is 10.8. The molecule has 0 fully saturated rings. The summed E-state index contributed by atoms with van der Waals surface area (Å²) in [5.41, 5.74) is 4.09. The summed E-state index contributed by atoms with van der Waals surface area (Å²) < 4.78 is 0. The average Bonchev–Trinajstić information content (AvgIpc) is 2.22. The Morgan fingerprint density at radius 2 is 1.56 bits per heavy atom. The first-order valence-electron chi connectivity index (χ1n) is 6.21. The predicted octanol–water partition coefficient (Wildman–Crippen LogP) is 2.39. The van der Waals surface area contributed by atoms with Gasteiger partial charge in [-0.2, -0.15) is 0 Å². The molecule has 0 aliphatic heterocycles. The van der Waals surface area contributed by atoms with E-state index in [1.54, 1.807) is 0 Å². The van der Waals surface area contributed by atoms with Crippen LogP contribution in [-0.2, 0) is 6.54 Å². The van der Waals surface area contributed by atoms with E-state index in [9.17, 15) is 0 Å². The fourth-order valence-corrected chi connectivity index (χ4v) is 1.92. The van der Waals surface area contributed by atoms with Crippen LogP contribution in [0.25, 0.3) is 0 Å². The average molecular weight is 220 g/mol. The lowest BCUT2D eigenvalue weighted by molar-refractivity contribution is 0.606. The standard InChI is InChI=1S/C14H24N2/c1-4-15-6-5-7-16-11-14-9-12(2)8-13(3)10-14/h8-10,15-16H,4-7,11H2,1-3H3. The van der Waals surface area contributed by atoms with Crippen LogP contribution < -0.4 is 10.6 Å². The van der Waals surface area contributed by atoms with Gasteiger partial charge >= 0.3 is 0 Å². The van der Waals surface area contributed by atoms with Crippen LogP contribution in [0.3, 0.4) is 0 Å². The molecule has 90 valence electrons. The minimum atomic E-state index is 0.981. The summed E-state index contributed by atoms with van der Waals surface area (Å²) in [7, 11) is 0. The van der Waals surface area contributed by atoms with Crippen LogP contribution in [-0.4, -0.2) is 19.6 Å². The number of hydrogen-bond donors (Lipinski definition) is 2. The molecule has 0 bridgehead atoms. The van der Waals surface area contributed by atoms with E-state index >= 15 is 0 Å². The van der Waals surface area contributed by atoms with Crippen molar-refractivity contribution in [2.75, 3.05) is 19.6 Å². The van der Waals surface area contributed by atoms with Gasteiger partial charge in [0.1, 0.15) is 0 Å². The van der Waals surface area contributed by atoms with Crippen LogP contribution in [0.15, 0.2) is 18.2 Å². The molecule has 0 heterocycles. The minimum absolute atomic E-state index is 0.981. The monoisotopic (exact) mass is 220 g/mol. The van der Waals surface area contributed by atoms with Crippen molar-refractivity contribution >= 4 is 0 Å². The molecule has 1 aromatic rings. The molecule has 0 amide bonds. The molecule has 16 heavy (non-hydrogen) atoms. The van der Waals surface area contributed by atoms with Crippen molar-refractivity contribution in [3.05, 3.63) is 34.9 Å². The van der Waals surface area contributed by atoms with Crippen molar-refractivity contribution in [3.63, 3.8) is 0 Å². The van der Waals surface area contributed by atoms with Crippen LogP contribution in [0.1, 0.15) is 30.0 Å². The van der Waals surface area contributed by atoms with E-state index in [0.29, 0.717) is 0 Å². The van der Waals surface area contributed by atoms with Gasteiger partial charge in [-0.15, -0.1) is 0 Å². The molecule has 2 N–H and O–H groups in total. The van der Waals surface area contributed by atoms with Gasteiger partial charge in [0.2, 0.25) is 0 Å². The zero-order valence-corrected chi connectivity index (χ0v) is 10.8. The first kappa shape index (κ1) is 13.2. The molecular weight excluding hydrogens is 196 g/mol. The number of nitrogens with one attached hydrogen (secondary N) is 2. The second-order valence-electron chi connectivity index (χ2n) is 4.38. The van der Waals surface area contributed by atoms with Gasteiger partial charge in [-0.3, -0.25) is 0 Å². The molecule has 1 rings (SSSR count). The summed E-state index contributed by atoms with van der Waals surface area (Å²) in [5, 5.41) is 6.80. The van der Waals surface area contributed by atoms with Crippen molar-refractivity contribution < 1.29 is 0 Å². The van der Waals surface area contributed by atoms with Gasteiger partial charge in [-0.25, -0.2) is 0 Å². The predicted molar refractivity (Wildman–Crippen MR) is 70.8 cm³/mol. The Bertz CT molecular complexity index is 287. The van der Waals surface area contributed by atoms with E-state index in [4.69, 9.17) is 0 Å². The van der Waals surface area contributed by atoms with E-state index < -0.39 is 0 Å². The molecule has 2 nitrogen and oxygen atoms in total. The first-order valence-corrected chi connectivity index (χ1v) is 6.21. The smallest absolute Gasteiger partial charge is 0.0205 e. The van der Waals surface area contributed by atoms with E-state index in [0.717, 1.165) is 26.2 Å². The van der Waals surface area contributed by atoms with Crippen molar-refractivity contribution in [1.29, 1.82) is 0 Å². The number of hydrogen-bond acceptors (Lipinski definition) is 2. The third-order valence-corrected chi connectivity index (χ3v) is 2.57. The Labute approximate surface area is 99.5 Å². The maximum absolute atomic E-state index is 3.48. The van der Waals surface area contributed by atoms with Crippen molar-refractivity contribution in [1.82, 2.24) is 10.6 Å². The van der Waals surface area contributed by atoms with Gasteiger partial charge in [0, 0.05) is 6.54 Å². The molecule has 0 spiro atoms. The molecule has 0 saturated carbocycles. The van der Waals surface area contributed by atoms with E-state index in [1.807, 2.05) is 0 Å². The summed E-state index contributed by atoms with van der Waals surface area (Å²) in [5.74, 6) is 0. The maximum atomic E-state index is 3.48. The summed E-state index contributed by atoms with van der Waals surface area (Å²) >= 11 is 0. The molecule has 2 heteroatoms. The maximum Gasteiger partial charge on any atom is 0.0205 e. The van der Waals surface area contributed by atoms with Gasteiger partial charge in [0.05, 0.1) is 0 Å². The van der Waals surface area contributed by atoms with Crippen LogP contribution in [0.4, 0.5) is 0 Å². The topological polar surface area (TPSA) is 24.1 Å². The SMILES string of the molecule is CCNCCCNCc1cc(C)cc(C)c1. The van der Waals surface area contributed by atoms with E-state index in [1.165, 1.54) is 23.1 Å². The van der Waals surface area contributed by atoms with Gasteiger partial charge in [0.15, 0.2) is 0 Å². The fourth-order valence-electron chi connectivity index (χ4n) is 1.92. The van der Waals surface area contributed by atoms with Gasteiger partial charge < -0.3 is 10.6 Å². The Morgan fingerprint density at radius 1 is 0.938 bits per heavy atom. The first-order chi connectivity index (χ1) is 7.72. The van der Waals surface area contributed by atoms with E-state index in [2.05, 4.69) is 49.6 Å². The zero-order chi connectivity index (χ0) is 11.8. The van der Waals surface area contributed by atoms with Crippen LogP contribution in [0, 0.1) is 13.8 Å². The fraction of sp³-hybridized carbons (Fsp3) is 0.571. The minimum Gasteiger partial charge on any atom is -0.317 e. The molecule has 0 aliphatic rings. The van der Waals surface area contributed by atoms with Crippen molar-refractivity contribution in [2.24, 2.45) is 0 Å². The van der Waals surface area contributed by atoms with Crippen LogP contribution >= 0.6 is 0 Å². The highest BCUT2D eigenvalue weighted by molar-refractivity contribution is 5.28. The number of rotatable bonds is 7. The molecule has 0 saturated heterocycles. The third-order valence-electron chi connectivity index (χ3n) is 2.57. The quantitative estimate of drug-likeness (QED) is 0.690. The Balaban J connectivity index is 2.21. The largest absolute Gasteiger partial charge is 0.317 e. The normalized spacial score (nSPS) is 10.7. The van der Waals surface area contributed by atoms with Gasteiger partial charge in [0.25, 0.3) is 0 Å². The molecule has 0 radical (unpaired) electrons. The Kier molecular flexibility index (Phi) is 6.12. The summed E-state index contributed by atoms with van der Waals surface area (Å²) in [6, 6.07) is 6.73. The molecule has 1 aromatic carbocycles. The molecule has 0 aliphatic carbocycles. The highest BCUT2D eigenvalue weighted by atomic mass is 14.9. The summed E-state index contributed by atoms with van der Waals surface area (Å²) in [6.07, 6.45) is 1.19. The van der Waals surface area contributed by atoms with Crippen molar-refractivity contribution in [3.8, 4) is 0 Å². The lowest BCUT2D eigenvalue weighted by atomic mass is 10.1. The number of benzene rings is 1. The number of aryl methyl sites for hydroxylation is 2. The molecule has 0 unspecified atom stereocenters. The lowest BCUT2D eigenvalue weighted by Gasteiger charge is -2.07. The second-order valence-corrected chi connectivity index (χ2v) is 4.38. The highest BCUT2D eigenvalue weighted by Crippen LogP contribution is 2.08. The highest BCUT2D eigenvalue weighted by Gasteiger charge is 1.95. The van der Waals surface area contributed by atoms with Crippen LogP contribution in [0.5, 0.6) is 0 Å². The van der Waals surface area contributed by atoms with Gasteiger partial charge in [-0.1, -0.05) is 36.2 Å². The lowest BCUT2D eigenvalue weighted by Crippen LogP contribution is -2.21. The van der Waals surface area contributed by atoms with Crippen molar-refractivity contribution in [2.45, 2.75) is 33.7 Å². The Morgan fingerprint density at radius 3 is 2.19 bits per heavy atom. The molecular formula is C14H24N2. The summed E-state index contributed by atoms with van der Waals surface area (Å²) in [4.78, 5) is 0. The third kappa shape index (κ3) is 5.29. The van der Waals surface area contributed by atoms with Crippen LogP contribution in [0.2, 0.25) is 0 Å². The molecule has 0 atom stereocenters.